The molecule has 0 spiro atoms. The maximum absolute atomic E-state index is 5.30. The Labute approximate surface area is 188 Å². The Morgan fingerprint density at radius 1 is 1.21 bits per heavy atom. The third-order valence-corrected chi connectivity index (χ3v) is 5.72. The van der Waals surface area contributed by atoms with Gasteiger partial charge in [0.15, 0.2) is 5.96 Å². The number of likely N-dealkylation sites (N-methyl/N-ethyl adjacent to an activating group) is 1. The van der Waals surface area contributed by atoms with E-state index in [1.807, 2.05) is 0 Å². The van der Waals surface area contributed by atoms with Crippen LogP contribution in [0.5, 0.6) is 0 Å². The highest BCUT2D eigenvalue weighted by Gasteiger charge is 2.36. The fraction of sp³-hybridized carbons (Fsp3) is 0.682. The second-order valence-corrected chi connectivity index (χ2v) is 7.98. The van der Waals surface area contributed by atoms with Crippen molar-refractivity contribution in [2.24, 2.45) is 10.4 Å². The number of hydrogen-bond donors (Lipinski definition) is 2. The van der Waals surface area contributed by atoms with Crippen LogP contribution in [-0.2, 0) is 11.2 Å². The number of benzene rings is 1. The first-order chi connectivity index (χ1) is 13.1. The van der Waals surface area contributed by atoms with E-state index in [0.717, 1.165) is 45.0 Å². The molecule has 28 heavy (non-hydrogen) atoms. The maximum atomic E-state index is 5.30. The molecule has 0 heterocycles. The molecule has 1 aromatic carbocycles. The topological polar surface area (TPSA) is 48.9 Å². The smallest absolute Gasteiger partial charge is 0.191 e. The summed E-state index contributed by atoms with van der Waals surface area (Å²) in [6, 6.07) is 11.1. The van der Waals surface area contributed by atoms with Crippen molar-refractivity contribution in [2.45, 2.75) is 45.1 Å². The molecule has 0 radical (unpaired) electrons. The van der Waals surface area contributed by atoms with Gasteiger partial charge in [0.05, 0.1) is 0 Å². The van der Waals surface area contributed by atoms with Crippen molar-refractivity contribution < 1.29 is 4.74 Å². The normalized spacial score (nSPS) is 16.8. The van der Waals surface area contributed by atoms with Gasteiger partial charge in [-0.15, -0.1) is 24.0 Å². The lowest BCUT2D eigenvalue weighted by atomic mass is 9.67. The minimum Gasteiger partial charge on any atom is -0.385 e. The van der Waals surface area contributed by atoms with E-state index in [0.29, 0.717) is 11.5 Å². The van der Waals surface area contributed by atoms with Crippen LogP contribution in [0.25, 0.3) is 0 Å². The predicted octanol–water partition coefficient (Wildman–Crippen LogP) is 3.54. The largest absolute Gasteiger partial charge is 0.385 e. The summed E-state index contributed by atoms with van der Waals surface area (Å²) in [6.45, 7) is 5.59. The van der Waals surface area contributed by atoms with E-state index in [1.165, 1.54) is 24.8 Å². The molecule has 160 valence electrons. The SMILES string of the molecule is CCNC(=NCC1(CCOC)CCC1)NCC(Cc1ccccc1)N(C)C.I. The fourth-order valence-corrected chi connectivity index (χ4v) is 3.61. The Bertz CT molecular complexity index is 561. The lowest BCUT2D eigenvalue weighted by Crippen LogP contribution is -2.46. The van der Waals surface area contributed by atoms with Gasteiger partial charge in [0.25, 0.3) is 0 Å². The predicted molar refractivity (Wildman–Crippen MR) is 130 cm³/mol. The van der Waals surface area contributed by atoms with Gasteiger partial charge in [0, 0.05) is 39.4 Å². The first-order valence-electron chi connectivity index (χ1n) is 10.3. The Hall–Kier alpha value is -0.860. The summed E-state index contributed by atoms with van der Waals surface area (Å²) in [5, 5.41) is 6.97. The minimum absolute atomic E-state index is 0. The Morgan fingerprint density at radius 3 is 2.46 bits per heavy atom. The molecule has 0 bridgehead atoms. The molecular weight excluding hydrogens is 463 g/mol. The lowest BCUT2D eigenvalue weighted by Gasteiger charge is -2.40. The molecule has 1 aliphatic carbocycles. The van der Waals surface area contributed by atoms with Crippen LogP contribution in [0.4, 0.5) is 0 Å². The standard InChI is InChI=1S/C22H38N4O.HI/c1-5-23-21(25-18-22(12-9-13-22)14-15-27-4)24-17-20(26(2)3)16-19-10-7-6-8-11-19;/h6-8,10-11,20H,5,9,12-18H2,1-4H3,(H2,23,24,25);1H. The van der Waals surface area contributed by atoms with E-state index in [9.17, 15) is 0 Å². The van der Waals surface area contributed by atoms with E-state index < -0.39 is 0 Å². The molecule has 1 fully saturated rings. The summed E-state index contributed by atoms with van der Waals surface area (Å²) in [4.78, 5) is 7.21. The van der Waals surface area contributed by atoms with E-state index in [-0.39, 0.29) is 24.0 Å². The molecule has 2 rings (SSSR count). The van der Waals surface area contributed by atoms with Gasteiger partial charge in [-0.2, -0.15) is 0 Å². The summed E-state index contributed by atoms with van der Waals surface area (Å²) >= 11 is 0. The van der Waals surface area contributed by atoms with Gasteiger partial charge in [0.2, 0.25) is 0 Å². The van der Waals surface area contributed by atoms with Crippen LogP contribution >= 0.6 is 24.0 Å². The van der Waals surface area contributed by atoms with Crippen LogP contribution in [0.1, 0.15) is 38.2 Å². The molecule has 0 aliphatic heterocycles. The Kier molecular flexibility index (Phi) is 12.0. The highest BCUT2D eigenvalue weighted by Crippen LogP contribution is 2.44. The Balaban J connectivity index is 0.00000392. The summed E-state index contributed by atoms with van der Waals surface area (Å²) < 4.78 is 5.30. The molecule has 0 saturated heterocycles. The van der Waals surface area contributed by atoms with Gasteiger partial charge in [-0.25, -0.2) is 0 Å². The van der Waals surface area contributed by atoms with Crippen LogP contribution in [0, 0.1) is 5.41 Å². The first kappa shape index (κ1) is 25.2. The van der Waals surface area contributed by atoms with Gasteiger partial charge in [0.1, 0.15) is 0 Å². The van der Waals surface area contributed by atoms with E-state index in [2.05, 4.69) is 66.9 Å². The zero-order valence-electron chi connectivity index (χ0n) is 18.0. The lowest BCUT2D eigenvalue weighted by molar-refractivity contribution is 0.0778. The molecule has 1 saturated carbocycles. The highest BCUT2D eigenvalue weighted by molar-refractivity contribution is 14.0. The fourth-order valence-electron chi connectivity index (χ4n) is 3.61. The van der Waals surface area contributed by atoms with Crippen LogP contribution in [0.2, 0.25) is 0 Å². The van der Waals surface area contributed by atoms with Crippen molar-refractivity contribution in [2.75, 3.05) is 47.4 Å². The quantitative estimate of drug-likeness (QED) is 0.276. The number of ether oxygens (including phenoxy) is 1. The van der Waals surface area contributed by atoms with Crippen LogP contribution in [-0.4, -0.2) is 64.3 Å². The van der Waals surface area contributed by atoms with Gasteiger partial charge >= 0.3 is 0 Å². The van der Waals surface area contributed by atoms with E-state index >= 15 is 0 Å². The van der Waals surface area contributed by atoms with Crippen molar-refractivity contribution in [3.63, 3.8) is 0 Å². The molecule has 1 atom stereocenters. The number of hydrogen-bond acceptors (Lipinski definition) is 3. The average molecular weight is 502 g/mol. The molecule has 6 heteroatoms. The summed E-state index contributed by atoms with van der Waals surface area (Å²) in [6.07, 6.45) is 6.00. The van der Waals surface area contributed by atoms with Crippen molar-refractivity contribution in [1.29, 1.82) is 0 Å². The number of methoxy groups -OCH3 is 1. The molecule has 5 nitrogen and oxygen atoms in total. The second-order valence-electron chi connectivity index (χ2n) is 7.98. The number of guanidine groups is 1. The molecular formula is C22H39IN4O. The number of rotatable bonds is 11. The van der Waals surface area contributed by atoms with E-state index in [1.54, 1.807) is 7.11 Å². The van der Waals surface area contributed by atoms with Crippen molar-refractivity contribution >= 4 is 29.9 Å². The van der Waals surface area contributed by atoms with Crippen molar-refractivity contribution in [1.82, 2.24) is 15.5 Å². The van der Waals surface area contributed by atoms with Crippen LogP contribution in [0.15, 0.2) is 35.3 Å². The number of nitrogens with zero attached hydrogens (tertiary/aromatic N) is 2. The maximum Gasteiger partial charge on any atom is 0.191 e. The minimum atomic E-state index is 0. The van der Waals surface area contributed by atoms with Gasteiger partial charge in [-0.3, -0.25) is 4.99 Å². The van der Waals surface area contributed by atoms with Crippen LogP contribution in [0.3, 0.4) is 0 Å². The van der Waals surface area contributed by atoms with Gasteiger partial charge in [-0.05, 0) is 57.7 Å². The number of nitrogens with one attached hydrogen (secondary N) is 2. The van der Waals surface area contributed by atoms with Crippen LogP contribution < -0.4 is 10.6 Å². The Morgan fingerprint density at radius 2 is 1.93 bits per heavy atom. The third-order valence-electron chi connectivity index (χ3n) is 5.72. The zero-order valence-corrected chi connectivity index (χ0v) is 20.4. The summed E-state index contributed by atoms with van der Waals surface area (Å²) in [5.74, 6) is 0.932. The highest BCUT2D eigenvalue weighted by atomic mass is 127. The molecule has 1 aliphatic rings. The molecule has 2 N–H and O–H groups in total. The molecule has 0 amide bonds. The second kappa shape index (κ2) is 13.4. The molecule has 1 aromatic rings. The van der Waals surface area contributed by atoms with Gasteiger partial charge < -0.3 is 20.3 Å². The number of aliphatic imine (C=N–C) groups is 1. The summed E-state index contributed by atoms with van der Waals surface area (Å²) in [5.41, 5.74) is 1.72. The molecule has 1 unspecified atom stereocenters. The first-order valence-corrected chi connectivity index (χ1v) is 10.3. The number of halogens is 1. The molecule has 0 aromatic heterocycles. The average Bonchev–Trinajstić information content (AvgIpc) is 2.64. The monoisotopic (exact) mass is 502 g/mol. The third kappa shape index (κ3) is 8.25. The zero-order chi connectivity index (χ0) is 19.5. The van der Waals surface area contributed by atoms with Crippen molar-refractivity contribution in [3.05, 3.63) is 35.9 Å². The summed E-state index contributed by atoms with van der Waals surface area (Å²) in [7, 11) is 6.08. The van der Waals surface area contributed by atoms with E-state index in [4.69, 9.17) is 9.73 Å². The van der Waals surface area contributed by atoms with Gasteiger partial charge in [-0.1, -0.05) is 36.8 Å². The van der Waals surface area contributed by atoms with Crippen molar-refractivity contribution in [3.8, 4) is 0 Å².